The van der Waals surface area contributed by atoms with Crippen LogP contribution in [0.4, 0.5) is 0 Å². The topological polar surface area (TPSA) is 24.1 Å². The molecule has 2 aromatic carbocycles. The van der Waals surface area contributed by atoms with Crippen molar-refractivity contribution in [2.24, 2.45) is 0 Å². The molecular weight excluding hydrogens is 276 g/mol. The van der Waals surface area contributed by atoms with Crippen molar-refractivity contribution < 1.29 is 0 Å². The smallest absolute Gasteiger partial charge is 0.0917 e. The normalized spacial score (nSPS) is 11.8. The van der Waals surface area contributed by atoms with Crippen molar-refractivity contribution in [3.05, 3.63) is 71.8 Å². The summed E-state index contributed by atoms with van der Waals surface area (Å²) < 4.78 is 0. The lowest BCUT2D eigenvalue weighted by atomic mass is 10.2. The fourth-order valence-corrected chi connectivity index (χ4v) is 5.59. The molecule has 0 fully saturated rings. The minimum atomic E-state index is -0.0786. The van der Waals surface area contributed by atoms with E-state index in [1.165, 1.54) is 23.2 Å². The standard InChI is InChI=1S/C16H24N2Si2/c1-3-7-15(8-4-1)13-17-19-11-12-20-18-14-16-9-5-2-6-10-16/h1-10,17-18H,11-14,19-20H2. The lowest BCUT2D eigenvalue weighted by Crippen LogP contribution is -2.22. The predicted octanol–water partition coefficient (Wildman–Crippen LogP) is 1.57. The van der Waals surface area contributed by atoms with E-state index < -0.39 is 0 Å². The number of benzene rings is 2. The molecule has 2 rings (SSSR count). The van der Waals surface area contributed by atoms with E-state index >= 15 is 0 Å². The van der Waals surface area contributed by atoms with Crippen molar-refractivity contribution in [2.75, 3.05) is 0 Å². The van der Waals surface area contributed by atoms with Gasteiger partial charge in [-0.05, 0) is 11.1 Å². The average Bonchev–Trinajstić information content (AvgIpc) is 2.52. The summed E-state index contributed by atoms with van der Waals surface area (Å²) in [6.07, 6.45) is 0. The maximum absolute atomic E-state index is 3.64. The Morgan fingerprint density at radius 2 is 1.00 bits per heavy atom. The maximum Gasteiger partial charge on any atom is 0.0917 e. The summed E-state index contributed by atoms with van der Waals surface area (Å²) in [4.78, 5) is 7.29. The Balaban J connectivity index is 1.44. The third kappa shape index (κ3) is 6.30. The summed E-state index contributed by atoms with van der Waals surface area (Å²) in [7, 11) is -0.157. The molecule has 2 aromatic rings. The van der Waals surface area contributed by atoms with Gasteiger partial charge in [0, 0.05) is 13.1 Å². The van der Waals surface area contributed by atoms with Crippen molar-refractivity contribution in [2.45, 2.75) is 25.2 Å². The molecule has 4 heteroatoms. The fraction of sp³-hybridized carbons (Fsp3) is 0.250. The lowest BCUT2D eigenvalue weighted by molar-refractivity contribution is 0.930. The Bertz CT molecular complexity index is 417. The summed E-state index contributed by atoms with van der Waals surface area (Å²) >= 11 is 0. The molecule has 0 radical (unpaired) electrons. The Hall–Kier alpha value is -1.21. The summed E-state index contributed by atoms with van der Waals surface area (Å²) in [5.74, 6) is 0. The van der Waals surface area contributed by atoms with Gasteiger partial charge in [-0.1, -0.05) is 72.8 Å². The van der Waals surface area contributed by atoms with E-state index in [1.807, 2.05) is 0 Å². The second-order valence-electron chi connectivity index (χ2n) is 5.03. The molecular formula is C16H24N2Si2. The summed E-state index contributed by atoms with van der Waals surface area (Å²) in [5.41, 5.74) is 2.80. The van der Waals surface area contributed by atoms with Gasteiger partial charge in [0.2, 0.25) is 0 Å². The molecule has 2 nitrogen and oxygen atoms in total. The van der Waals surface area contributed by atoms with Gasteiger partial charge in [-0.2, -0.15) is 0 Å². The van der Waals surface area contributed by atoms with Gasteiger partial charge in [0.25, 0.3) is 0 Å². The number of hydrogen-bond donors (Lipinski definition) is 2. The van der Waals surface area contributed by atoms with Crippen molar-refractivity contribution in [1.29, 1.82) is 0 Å². The van der Waals surface area contributed by atoms with E-state index in [4.69, 9.17) is 0 Å². The largest absolute Gasteiger partial charge is 0.338 e. The van der Waals surface area contributed by atoms with E-state index in [2.05, 4.69) is 70.6 Å². The number of nitrogens with one attached hydrogen (secondary N) is 2. The van der Waals surface area contributed by atoms with E-state index in [0.29, 0.717) is 0 Å². The molecule has 0 amide bonds. The average molecular weight is 301 g/mol. The van der Waals surface area contributed by atoms with Gasteiger partial charge in [-0.25, -0.2) is 0 Å². The Morgan fingerprint density at radius 1 is 0.600 bits per heavy atom. The van der Waals surface area contributed by atoms with Crippen LogP contribution in [0.25, 0.3) is 0 Å². The molecule has 0 aliphatic heterocycles. The first-order valence-electron chi connectivity index (χ1n) is 7.44. The highest BCUT2D eigenvalue weighted by molar-refractivity contribution is 6.38. The van der Waals surface area contributed by atoms with Crippen LogP contribution in [0.15, 0.2) is 60.7 Å². The van der Waals surface area contributed by atoms with E-state index in [9.17, 15) is 0 Å². The first-order chi connectivity index (χ1) is 9.95. The quantitative estimate of drug-likeness (QED) is 0.543. The van der Waals surface area contributed by atoms with Crippen LogP contribution in [0.2, 0.25) is 12.1 Å². The van der Waals surface area contributed by atoms with Gasteiger partial charge in [-0.3, -0.25) is 0 Å². The van der Waals surface area contributed by atoms with Crippen molar-refractivity contribution in [3.8, 4) is 0 Å². The monoisotopic (exact) mass is 300 g/mol. The third-order valence-corrected chi connectivity index (χ3v) is 7.22. The second-order valence-corrected chi connectivity index (χ2v) is 8.45. The highest BCUT2D eigenvalue weighted by Gasteiger charge is 1.94. The number of hydrogen-bond acceptors (Lipinski definition) is 2. The van der Waals surface area contributed by atoms with Gasteiger partial charge in [0.05, 0.1) is 19.4 Å². The number of rotatable bonds is 9. The molecule has 0 saturated heterocycles. The van der Waals surface area contributed by atoms with Crippen LogP contribution in [-0.4, -0.2) is 19.4 Å². The van der Waals surface area contributed by atoms with Crippen LogP contribution in [-0.2, 0) is 13.1 Å². The molecule has 0 atom stereocenters. The molecule has 20 heavy (non-hydrogen) atoms. The van der Waals surface area contributed by atoms with Crippen molar-refractivity contribution in [1.82, 2.24) is 9.96 Å². The van der Waals surface area contributed by atoms with Crippen LogP contribution >= 0.6 is 0 Å². The Labute approximate surface area is 126 Å². The minimum absolute atomic E-state index is 0.0786. The highest BCUT2D eigenvalue weighted by Crippen LogP contribution is 1.98. The zero-order valence-electron chi connectivity index (χ0n) is 12.0. The van der Waals surface area contributed by atoms with Crippen LogP contribution in [0, 0.1) is 0 Å². The first-order valence-corrected chi connectivity index (χ1v) is 10.9. The zero-order chi connectivity index (χ0) is 13.9. The van der Waals surface area contributed by atoms with Crippen LogP contribution in [0.3, 0.4) is 0 Å². The van der Waals surface area contributed by atoms with Gasteiger partial charge >= 0.3 is 0 Å². The van der Waals surface area contributed by atoms with Gasteiger partial charge in [0.15, 0.2) is 0 Å². The third-order valence-electron chi connectivity index (χ3n) is 3.30. The first kappa shape index (κ1) is 15.2. The molecule has 2 N–H and O–H groups in total. The fourth-order valence-electron chi connectivity index (χ4n) is 2.16. The van der Waals surface area contributed by atoms with Crippen LogP contribution in [0.5, 0.6) is 0 Å². The van der Waals surface area contributed by atoms with Gasteiger partial charge in [0.1, 0.15) is 0 Å². The lowest BCUT2D eigenvalue weighted by Gasteiger charge is -2.05. The predicted molar refractivity (Wildman–Crippen MR) is 93.3 cm³/mol. The van der Waals surface area contributed by atoms with Crippen molar-refractivity contribution in [3.63, 3.8) is 0 Å². The molecule has 0 aliphatic carbocycles. The molecule has 0 aromatic heterocycles. The summed E-state index contributed by atoms with van der Waals surface area (Å²) in [6, 6.07) is 24.2. The van der Waals surface area contributed by atoms with Crippen LogP contribution in [0.1, 0.15) is 11.1 Å². The molecule has 0 bridgehead atoms. The molecule has 0 heterocycles. The molecule has 106 valence electrons. The second kappa shape index (κ2) is 9.66. The van der Waals surface area contributed by atoms with E-state index in [-0.39, 0.29) is 19.4 Å². The van der Waals surface area contributed by atoms with Gasteiger partial charge < -0.3 is 9.96 Å². The van der Waals surface area contributed by atoms with Crippen LogP contribution < -0.4 is 9.96 Å². The Kier molecular flexibility index (Phi) is 7.33. The summed E-state index contributed by atoms with van der Waals surface area (Å²) in [5, 5.41) is 0. The maximum atomic E-state index is 3.64. The minimum Gasteiger partial charge on any atom is -0.338 e. The Morgan fingerprint density at radius 3 is 1.40 bits per heavy atom. The highest BCUT2D eigenvalue weighted by atomic mass is 28.2. The van der Waals surface area contributed by atoms with Gasteiger partial charge in [-0.15, -0.1) is 0 Å². The molecule has 0 spiro atoms. The SMILES string of the molecule is c1ccc(CN[SiH2]CC[SiH2]NCc2ccccc2)cc1. The molecule has 0 unspecified atom stereocenters. The zero-order valence-corrected chi connectivity index (χ0v) is 14.8. The van der Waals surface area contributed by atoms with E-state index in [0.717, 1.165) is 13.1 Å². The van der Waals surface area contributed by atoms with Crippen molar-refractivity contribution >= 4 is 19.4 Å². The molecule has 0 aliphatic rings. The summed E-state index contributed by atoms with van der Waals surface area (Å²) in [6.45, 7) is 2.10. The molecule has 0 saturated carbocycles. The van der Waals surface area contributed by atoms with E-state index in [1.54, 1.807) is 0 Å².